The molecule has 0 aromatic carbocycles. The Balaban J connectivity index is 2.79. The van der Waals surface area contributed by atoms with Gasteiger partial charge < -0.3 is 29.0 Å². The second kappa shape index (κ2) is 11.0. The third-order valence-electron chi connectivity index (χ3n) is 4.52. The Labute approximate surface area is 193 Å². The number of carbonyl (C=O) groups is 1. The van der Waals surface area contributed by atoms with Crippen LogP contribution in [0.5, 0.6) is 0 Å². The van der Waals surface area contributed by atoms with Crippen LogP contribution in [0, 0.1) is 23.2 Å². The Kier molecular flexibility index (Phi) is 10.2. The van der Waals surface area contributed by atoms with Crippen molar-refractivity contribution < 1.29 is 60.7 Å². The number of hydrogen-bond donors (Lipinski definition) is 4. The molecule has 0 aromatic rings. The van der Waals surface area contributed by atoms with Gasteiger partial charge >= 0.3 is 29.4 Å². The summed E-state index contributed by atoms with van der Waals surface area (Å²) in [5, 5.41) is 0. The van der Waals surface area contributed by atoms with Crippen LogP contribution in [0.1, 0.15) is 47.0 Å². The molecule has 1 aliphatic heterocycles. The topological polar surface area (TPSA) is 195 Å². The highest BCUT2D eigenvalue weighted by atomic mass is 31.3. The summed E-state index contributed by atoms with van der Waals surface area (Å²) >= 11 is 0. The molecule has 4 N–H and O–H groups in total. The SMILES string of the molecule is B[C@H]1C[C@@H](OC(=O)C(C)(C)CC(C)(C)CC#C)C(COP(=O)(O)OP(=O)(O)OP(=O)(O)O)O1. The van der Waals surface area contributed by atoms with E-state index >= 15 is 0 Å². The molecular weight excluding hydrogens is 504 g/mol. The van der Waals surface area contributed by atoms with E-state index in [0.717, 1.165) is 0 Å². The molecule has 1 aliphatic rings. The lowest BCUT2D eigenvalue weighted by molar-refractivity contribution is -0.164. The first kappa shape index (κ1) is 30.5. The van der Waals surface area contributed by atoms with Crippen molar-refractivity contribution in [2.75, 3.05) is 6.61 Å². The number of ether oxygens (including phenoxy) is 2. The summed E-state index contributed by atoms with van der Waals surface area (Å²) in [7, 11) is -14.8. The van der Waals surface area contributed by atoms with Crippen LogP contribution >= 0.6 is 23.5 Å². The van der Waals surface area contributed by atoms with Gasteiger partial charge in [-0.05, 0) is 25.7 Å². The quantitative estimate of drug-likeness (QED) is 0.122. The van der Waals surface area contributed by atoms with E-state index in [9.17, 15) is 28.3 Å². The maximum absolute atomic E-state index is 12.8. The van der Waals surface area contributed by atoms with Gasteiger partial charge in [-0.3, -0.25) is 9.32 Å². The van der Waals surface area contributed by atoms with Crippen molar-refractivity contribution in [2.24, 2.45) is 10.8 Å². The zero-order chi connectivity index (χ0) is 25.9. The van der Waals surface area contributed by atoms with Crippen LogP contribution in [0.3, 0.4) is 0 Å². The van der Waals surface area contributed by atoms with Gasteiger partial charge in [0.15, 0.2) is 0 Å². The van der Waals surface area contributed by atoms with Crippen molar-refractivity contribution >= 4 is 37.3 Å². The molecule has 0 bridgehead atoms. The standard InChI is InChI=1S/C16H30BO13P3/c1-6-7-15(2,3)10-16(4,5)14(18)28-11-8-13(17)27-12(11)9-26-32(22,23)30-33(24,25)29-31(19,20)21/h1,11-13H,7-10,17H2,2-5H3,(H,22,23)(H,24,25)(H2,19,20,21)/t11-,12?,13-/m1/s1. The lowest BCUT2D eigenvalue weighted by Gasteiger charge is -2.33. The summed E-state index contributed by atoms with van der Waals surface area (Å²) in [5.74, 6) is 2.03. The Hall–Kier alpha value is -0.535. The minimum Gasteiger partial charge on any atom is -0.459 e. The van der Waals surface area contributed by atoms with Crippen LogP contribution in [-0.2, 0) is 41.1 Å². The Morgan fingerprint density at radius 3 is 2.21 bits per heavy atom. The van der Waals surface area contributed by atoms with E-state index in [1.54, 1.807) is 21.7 Å². The van der Waals surface area contributed by atoms with Crippen molar-refractivity contribution in [3.05, 3.63) is 0 Å². The van der Waals surface area contributed by atoms with E-state index < -0.39 is 59.7 Å². The summed E-state index contributed by atoms with van der Waals surface area (Å²) in [5.41, 5.74) is -1.23. The summed E-state index contributed by atoms with van der Waals surface area (Å²) in [6.07, 6.45) is 4.62. The lowest BCUT2D eigenvalue weighted by Crippen LogP contribution is -2.38. The predicted octanol–water partition coefficient (Wildman–Crippen LogP) is 1.46. The number of phosphoric ester groups is 1. The fourth-order valence-corrected chi connectivity index (χ4v) is 6.60. The van der Waals surface area contributed by atoms with Gasteiger partial charge in [0.2, 0.25) is 0 Å². The molecule has 0 aliphatic carbocycles. The molecule has 3 unspecified atom stereocenters. The summed E-state index contributed by atoms with van der Waals surface area (Å²) in [6.45, 7) is 6.55. The number of hydrogen-bond acceptors (Lipinski definition) is 9. The van der Waals surface area contributed by atoms with Crippen LogP contribution in [0.15, 0.2) is 0 Å². The minimum absolute atomic E-state index is 0.250. The minimum atomic E-state index is -5.64. The van der Waals surface area contributed by atoms with Crippen molar-refractivity contribution in [3.63, 3.8) is 0 Å². The fourth-order valence-electron chi connectivity index (χ4n) is 3.57. The number of phosphoric acid groups is 3. The van der Waals surface area contributed by atoms with E-state index in [-0.39, 0.29) is 11.8 Å². The molecule has 190 valence electrons. The molecule has 33 heavy (non-hydrogen) atoms. The Morgan fingerprint density at radius 2 is 1.70 bits per heavy atom. The van der Waals surface area contributed by atoms with Crippen LogP contribution in [-0.4, -0.2) is 58.2 Å². The average Bonchev–Trinajstić information content (AvgIpc) is 2.87. The molecule has 5 atom stereocenters. The van der Waals surface area contributed by atoms with Gasteiger partial charge in [-0.1, -0.05) is 13.8 Å². The van der Waals surface area contributed by atoms with E-state index in [2.05, 4.69) is 19.1 Å². The van der Waals surface area contributed by atoms with E-state index in [1.165, 1.54) is 0 Å². The van der Waals surface area contributed by atoms with Gasteiger partial charge in [0, 0.05) is 18.8 Å². The highest BCUT2D eigenvalue weighted by Crippen LogP contribution is 2.66. The monoisotopic (exact) mass is 534 g/mol. The Bertz CT molecular complexity index is 893. The molecule has 13 nitrogen and oxygen atoms in total. The average molecular weight is 534 g/mol. The van der Waals surface area contributed by atoms with Crippen molar-refractivity contribution in [1.29, 1.82) is 0 Å². The molecule has 0 spiro atoms. The zero-order valence-electron chi connectivity index (χ0n) is 18.9. The summed E-state index contributed by atoms with van der Waals surface area (Å²) in [4.78, 5) is 48.7. The van der Waals surface area contributed by atoms with Crippen molar-refractivity contribution in [3.8, 4) is 12.3 Å². The van der Waals surface area contributed by atoms with E-state index in [0.29, 0.717) is 12.8 Å². The highest BCUT2D eigenvalue weighted by molar-refractivity contribution is 7.66. The van der Waals surface area contributed by atoms with Crippen LogP contribution in [0.25, 0.3) is 0 Å². The maximum atomic E-state index is 12.8. The number of esters is 1. The van der Waals surface area contributed by atoms with E-state index in [4.69, 9.17) is 25.7 Å². The number of rotatable bonds is 12. The van der Waals surface area contributed by atoms with E-state index in [1.807, 2.05) is 13.8 Å². The fraction of sp³-hybridized carbons (Fsp3) is 0.812. The third kappa shape index (κ3) is 11.2. The molecule has 0 amide bonds. The molecule has 0 radical (unpaired) electrons. The normalized spacial score (nSPS) is 25.6. The summed E-state index contributed by atoms with van der Waals surface area (Å²) < 4.78 is 57.1. The molecule has 0 saturated carbocycles. The molecule has 1 fully saturated rings. The lowest BCUT2D eigenvalue weighted by atomic mass is 9.73. The number of carbonyl (C=O) groups excluding carboxylic acids is 1. The van der Waals surface area contributed by atoms with Crippen molar-refractivity contribution in [1.82, 2.24) is 0 Å². The molecule has 1 rings (SSSR count). The predicted molar refractivity (Wildman–Crippen MR) is 117 cm³/mol. The van der Waals surface area contributed by atoms with Crippen LogP contribution in [0.2, 0.25) is 0 Å². The van der Waals surface area contributed by atoms with Gasteiger partial charge in [-0.15, -0.1) is 12.3 Å². The largest absolute Gasteiger partial charge is 0.490 e. The van der Waals surface area contributed by atoms with Gasteiger partial charge in [0.05, 0.1) is 12.0 Å². The molecule has 0 aromatic heterocycles. The smallest absolute Gasteiger partial charge is 0.459 e. The first-order valence-corrected chi connectivity index (χ1v) is 14.3. The molecule has 1 heterocycles. The summed E-state index contributed by atoms with van der Waals surface area (Å²) in [6, 6.07) is -0.404. The molecule has 17 heteroatoms. The second-order valence-corrected chi connectivity index (χ2v) is 13.6. The molecular formula is C16H30BO13P3. The van der Waals surface area contributed by atoms with Gasteiger partial charge in [-0.25, -0.2) is 13.7 Å². The van der Waals surface area contributed by atoms with Gasteiger partial charge in [0.25, 0.3) is 0 Å². The zero-order valence-corrected chi connectivity index (χ0v) is 21.6. The van der Waals surface area contributed by atoms with Crippen molar-refractivity contribution in [2.45, 2.75) is 65.2 Å². The first-order chi connectivity index (χ1) is 14.7. The third-order valence-corrected chi connectivity index (χ3v) is 8.32. The van der Waals surface area contributed by atoms with Crippen LogP contribution in [0.4, 0.5) is 0 Å². The number of terminal acetylenes is 1. The first-order valence-electron chi connectivity index (χ1n) is 9.75. The maximum Gasteiger partial charge on any atom is 0.490 e. The Morgan fingerprint density at radius 1 is 1.12 bits per heavy atom. The van der Waals surface area contributed by atoms with Gasteiger partial charge in [0.1, 0.15) is 20.1 Å². The molecule has 1 saturated heterocycles. The highest BCUT2D eigenvalue weighted by Gasteiger charge is 2.44. The van der Waals surface area contributed by atoms with Crippen LogP contribution < -0.4 is 0 Å². The second-order valence-electron chi connectivity index (χ2n) is 9.16. The van der Waals surface area contributed by atoms with Gasteiger partial charge in [-0.2, -0.15) is 8.62 Å².